The van der Waals surface area contributed by atoms with Gasteiger partial charge < -0.3 is 5.32 Å². The first-order chi connectivity index (χ1) is 9.74. The zero-order valence-electron chi connectivity index (χ0n) is 13.1. The van der Waals surface area contributed by atoms with Crippen LogP contribution in [0.5, 0.6) is 0 Å². The van der Waals surface area contributed by atoms with E-state index in [-0.39, 0.29) is 11.9 Å². The summed E-state index contributed by atoms with van der Waals surface area (Å²) >= 11 is 0. The fourth-order valence-electron chi connectivity index (χ4n) is 2.47. The summed E-state index contributed by atoms with van der Waals surface area (Å²) in [5, 5.41) is 3.47. The lowest BCUT2D eigenvalue weighted by molar-refractivity contribution is 0.519. The van der Waals surface area contributed by atoms with Gasteiger partial charge in [0.1, 0.15) is 5.82 Å². The van der Waals surface area contributed by atoms with Crippen molar-refractivity contribution in [1.29, 1.82) is 0 Å². The molecule has 0 aliphatic carbocycles. The van der Waals surface area contributed by atoms with Gasteiger partial charge in [-0.3, -0.25) is 0 Å². The lowest BCUT2D eigenvalue weighted by Crippen LogP contribution is -2.19. The standard InChI is InChI=1S/C18H30FN/c1-3-4-5-6-7-8-9-10-14-20-16(2)17-12-11-13-18(19)15-17/h11-13,15-16,20H,3-10,14H2,1-2H3. The summed E-state index contributed by atoms with van der Waals surface area (Å²) in [5.74, 6) is -0.150. The van der Waals surface area contributed by atoms with E-state index in [0.717, 1.165) is 12.1 Å². The monoisotopic (exact) mass is 279 g/mol. The third kappa shape index (κ3) is 7.64. The molecule has 1 rings (SSSR count). The molecule has 1 atom stereocenters. The summed E-state index contributed by atoms with van der Waals surface area (Å²) in [6, 6.07) is 7.10. The van der Waals surface area contributed by atoms with Gasteiger partial charge in [-0.25, -0.2) is 4.39 Å². The second-order valence-electron chi connectivity index (χ2n) is 5.71. The Kier molecular flexibility index (Phi) is 9.31. The Balaban J connectivity index is 2.01. The number of benzene rings is 1. The van der Waals surface area contributed by atoms with Gasteiger partial charge in [-0.15, -0.1) is 0 Å². The minimum Gasteiger partial charge on any atom is -0.310 e. The van der Waals surface area contributed by atoms with Crippen molar-refractivity contribution in [3.8, 4) is 0 Å². The summed E-state index contributed by atoms with van der Waals surface area (Å²) in [5.41, 5.74) is 1.03. The van der Waals surface area contributed by atoms with Crippen LogP contribution in [0.1, 0.15) is 76.8 Å². The quantitative estimate of drug-likeness (QED) is 0.519. The Labute approximate surface area is 124 Å². The average Bonchev–Trinajstić information content (AvgIpc) is 2.45. The van der Waals surface area contributed by atoms with Crippen LogP contribution in [0.25, 0.3) is 0 Å². The van der Waals surface area contributed by atoms with Gasteiger partial charge in [0.15, 0.2) is 0 Å². The molecule has 0 saturated heterocycles. The second-order valence-corrected chi connectivity index (χ2v) is 5.71. The Morgan fingerprint density at radius 3 is 2.30 bits per heavy atom. The average molecular weight is 279 g/mol. The molecule has 20 heavy (non-hydrogen) atoms. The van der Waals surface area contributed by atoms with Crippen molar-refractivity contribution in [3.05, 3.63) is 35.6 Å². The van der Waals surface area contributed by atoms with Crippen LogP contribution in [0.2, 0.25) is 0 Å². The van der Waals surface area contributed by atoms with Crippen LogP contribution >= 0.6 is 0 Å². The summed E-state index contributed by atoms with van der Waals surface area (Å²) in [4.78, 5) is 0. The molecule has 114 valence electrons. The molecule has 0 saturated carbocycles. The minimum atomic E-state index is -0.150. The molecule has 0 amide bonds. The molecule has 0 bridgehead atoms. The zero-order valence-corrected chi connectivity index (χ0v) is 13.1. The van der Waals surface area contributed by atoms with Crippen molar-refractivity contribution in [3.63, 3.8) is 0 Å². The largest absolute Gasteiger partial charge is 0.310 e. The minimum absolute atomic E-state index is 0.150. The number of hydrogen-bond donors (Lipinski definition) is 1. The Morgan fingerprint density at radius 1 is 1.00 bits per heavy atom. The molecule has 1 aromatic rings. The summed E-state index contributed by atoms with van der Waals surface area (Å²) in [6.07, 6.45) is 10.7. The van der Waals surface area contributed by atoms with Crippen LogP contribution in [0.4, 0.5) is 4.39 Å². The Bertz CT molecular complexity index is 351. The molecule has 0 spiro atoms. The smallest absolute Gasteiger partial charge is 0.123 e. The summed E-state index contributed by atoms with van der Waals surface area (Å²) in [7, 11) is 0. The summed E-state index contributed by atoms with van der Waals surface area (Å²) < 4.78 is 13.1. The van der Waals surface area contributed by atoms with Crippen LogP contribution in [0.15, 0.2) is 24.3 Å². The van der Waals surface area contributed by atoms with Gasteiger partial charge in [-0.2, -0.15) is 0 Å². The molecule has 1 aromatic carbocycles. The highest BCUT2D eigenvalue weighted by atomic mass is 19.1. The maximum Gasteiger partial charge on any atom is 0.123 e. The maximum absolute atomic E-state index is 13.1. The second kappa shape index (κ2) is 10.8. The lowest BCUT2D eigenvalue weighted by atomic mass is 10.1. The topological polar surface area (TPSA) is 12.0 Å². The fourth-order valence-corrected chi connectivity index (χ4v) is 2.47. The molecule has 2 heteroatoms. The molecule has 1 N–H and O–H groups in total. The first-order valence-electron chi connectivity index (χ1n) is 8.23. The lowest BCUT2D eigenvalue weighted by Gasteiger charge is -2.14. The highest BCUT2D eigenvalue weighted by molar-refractivity contribution is 5.19. The van der Waals surface area contributed by atoms with Crippen molar-refractivity contribution < 1.29 is 4.39 Å². The van der Waals surface area contributed by atoms with E-state index >= 15 is 0 Å². The summed E-state index contributed by atoms with van der Waals surface area (Å²) in [6.45, 7) is 5.37. The van der Waals surface area contributed by atoms with Gasteiger partial charge in [0.2, 0.25) is 0 Å². The molecule has 0 aromatic heterocycles. The molecule has 0 heterocycles. The molecular weight excluding hydrogens is 249 g/mol. The molecule has 1 unspecified atom stereocenters. The van der Waals surface area contributed by atoms with Crippen molar-refractivity contribution in [1.82, 2.24) is 5.32 Å². The van der Waals surface area contributed by atoms with Crippen molar-refractivity contribution >= 4 is 0 Å². The zero-order chi connectivity index (χ0) is 14.6. The molecule has 0 radical (unpaired) electrons. The molecular formula is C18H30FN. The van der Waals surface area contributed by atoms with E-state index in [1.807, 2.05) is 6.07 Å². The fraction of sp³-hybridized carbons (Fsp3) is 0.667. The van der Waals surface area contributed by atoms with Crippen LogP contribution in [0, 0.1) is 5.82 Å². The van der Waals surface area contributed by atoms with Crippen LogP contribution in [-0.2, 0) is 0 Å². The van der Waals surface area contributed by atoms with Crippen LogP contribution < -0.4 is 5.32 Å². The van der Waals surface area contributed by atoms with Crippen LogP contribution in [-0.4, -0.2) is 6.54 Å². The number of rotatable bonds is 11. The molecule has 0 fully saturated rings. The van der Waals surface area contributed by atoms with Gasteiger partial charge >= 0.3 is 0 Å². The van der Waals surface area contributed by atoms with Crippen LogP contribution in [0.3, 0.4) is 0 Å². The third-order valence-corrected chi connectivity index (χ3v) is 3.83. The van der Waals surface area contributed by atoms with E-state index in [0.29, 0.717) is 0 Å². The van der Waals surface area contributed by atoms with Crippen molar-refractivity contribution in [2.45, 2.75) is 71.3 Å². The first-order valence-corrected chi connectivity index (χ1v) is 8.23. The predicted octanol–water partition coefficient (Wildman–Crippen LogP) is 5.62. The highest BCUT2D eigenvalue weighted by Crippen LogP contribution is 2.14. The van der Waals surface area contributed by atoms with E-state index in [9.17, 15) is 4.39 Å². The highest BCUT2D eigenvalue weighted by Gasteiger charge is 2.04. The number of nitrogens with one attached hydrogen (secondary N) is 1. The van der Waals surface area contributed by atoms with Crippen molar-refractivity contribution in [2.24, 2.45) is 0 Å². The van der Waals surface area contributed by atoms with Gasteiger partial charge in [-0.05, 0) is 37.6 Å². The van der Waals surface area contributed by atoms with E-state index in [1.165, 1.54) is 57.4 Å². The van der Waals surface area contributed by atoms with Gasteiger partial charge in [-0.1, -0.05) is 64.0 Å². The first kappa shape index (κ1) is 17.2. The van der Waals surface area contributed by atoms with Crippen molar-refractivity contribution in [2.75, 3.05) is 6.54 Å². The van der Waals surface area contributed by atoms with E-state index in [2.05, 4.69) is 19.2 Å². The SMILES string of the molecule is CCCCCCCCCCNC(C)c1cccc(F)c1. The van der Waals surface area contributed by atoms with Gasteiger partial charge in [0.25, 0.3) is 0 Å². The van der Waals surface area contributed by atoms with E-state index < -0.39 is 0 Å². The van der Waals surface area contributed by atoms with E-state index in [1.54, 1.807) is 12.1 Å². The van der Waals surface area contributed by atoms with E-state index in [4.69, 9.17) is 0 Å². The predicted molar refractivity (Wildman–Crippen MR) is 85.4 cm³/mol. The number of unbranched alkanes of at least 4 members (excludes halogenated alkanes) is 7. The normalized spacial score (nSPS) is 12.6. The third-order valence-electron chi connectivity index (χ3n) is 3.83. The molecule has 1 nitrogen and oxygen atoms in total. The van der Waals surface area contributed by atoms with Gasteiger partial charge in [0.05, 0.1) is 0 Å². The Hall–Kier alpha value is -0.890. The Morgan fingerprint density at radius 2 is 1.65 bits per heavy atom. The molecule has 0 aliphatic rings. The van der Waals surface area contributed by atoms with Gasteiger partial charge in [0, 0.05) is 6.04 Å². The molecule has 0 aliphatic heterocycles. The maximum atomic E-state index is 13.1. The number of hydrogen-bond acceptors (Lipinski definition) is 1. The number of halogens is 1.